The minimum atomic E-state index is -0.0847. The largest absolute Gasteiger partial charge is 0.350 e. The topological polar surface area (TPSA) is 73.9 Å². The highest BCUT2D eigenvalue weighted by Crippen LogP contribution is 2.38. The zero-order valence-electron chi connectivity index (χ0n) is 18.4. The van der Waals surface area contributed by atoms with Crippen LogP contribution >= 0.6 is 0 Å². The van der Waals surface area contributed by atoms with E-state index in [1.54, 1.807) is 0 Å². The molecule has 1 aliphatic rings. The number of nitrogens with zero attached hydrogens (tertiary/aromatic N) is 3. The Kier molecular flexibility index (Phi) is 6.73. The van der Waals surface area contributed by atoms with E-state index in [2.05, 4.69) is 72.4 Å². The summed E-state index contributed by atoms with van der Waals surface area (Å²) in [7, 11) is 4.28. The first kappa shape index (κ1) is 21.5. The second-order valence-electron chi connectivity index (χ2n) is 9.57. The molecule has 2 aromatic heterocycles. The van der Waals surface area contributed by atoms with Crippen LogP contribution in [0.15, 0.2) is 30.5 Å². The molecule has 0 spiro atoms. The number of hydrogen-bond donors (Lipinski definition) is 2. The molecular weight excluding hydrogens is 362 g/mol. The van der Waals surface area contributed by atoms with E-state index in [-0.39, 0.29) is 11.3 Å². The van der Waals surface area contributed by atoms with Crippen LogP contribution in [0.2, 0.25) is 0 Å². The SMILES string of the molecule is CN(C)[C@H](c1ccccn1)C1CCC(CNC(=O)c2cc(C(C)(C)C)[nH]n2)CC1. The normalized spacial score (nSPS) is 21.2. The molecule has 0 bridgehead atoms. The average Bonchev–Trinajstić information content (AvgIpc) is 3.19. The van der Waals surface area contributed by atoms with E-state index in [0.29, 0.717) is 23.6 Å². The van der Waals surface area contributed by atoms with Crippen molar-refractivity contribution in [1.29, 1.82) is 0 Å². The van der Waals surface area contributed by atoms with Gasteiger partial charge in [0, 0.05) is 23.9 Å². The van der Waals surface area contributed by atoms with E-state index in [4.69, 9.17) is 0 Å². The van der Waals surface area contributed by atoms with Gasteiger partial charge < -0.3 is 10.2 Å². The molecule has 0 radical (unpaired) electrons. The van der Waals surface area contributed by atoms with Crippen LogP contribution in [-0.4, -0.2) is 46.6 Å². The fraction of sp³-hybridized carbons (Fsp3) is 0.609. The van der Waals surface area contributed by atoms with Crippen molar-refractivity contribution in [1.82, 2.24) is 25.4 Å². The van der Waals surface area contributed by atoms with Crippen molar-refractivity contribution in [2.45, 2.75) is 57.9 Å². The van der Waals surface area contributed by atoms with E-state index in [1.807, 2.05) is 18.3 Å². The summed E-state index contributed by atoms with van der Waals surface area (Å²) in [4.78, 5) is 19.4. The number of aromatic nitrogens is 3. The maximum Gasteiger partial charge on any atom is 0.271 e. The van der Waals surface area contributed by atoms with Crippen molar-refractivity contribution in [3.63, 3.8) is 0 Å². The minimum Gasteiger partial charge on any atom is -0.350 e. The Hall–Kier alpha value is -2.21. The molecule has 0 unspecified atom stereocenters. The first-order chi connectivity index (χ1) is 13.8. The van der Waals surface area contributed by atoms with E-state index in [1.165, 1.54) is 0 Å². The highest BCUT2D eigenvalue weighted by Gasteiger charge is 2.31. The molecule has 0 saturated heterocycles. The number of aromatic amines is 1. The quantitative estimate of drug-likeness (QED) is 0.774. The Bertz CT molecular complexity index is 785. The van der Waals surface area contributed by atoms with Gasteiger partial charge in [0.1, 0.15) is 5.69 Å². The van der Waals surface area contributed by atoms with Crippen molar-refractivity contribution in [3.05, 3.63) is 47.5 Å². The van der Waals surface area contributed by atoms with E-state index < -0.39 is 0 Å². The first-order valence-corrected chi connectivity index (χ1v) is 10.7. The van der Waals surface area contributed by atoms with Gasteiger partial charge in [0.25, 0.3) is 5.91 Å². The third-order valence-electron chi connectivity index (χ3n) is 6.05. The van der Waals surface area contributed by atoms with Crippen LogP contribution in [0.5, 0.6) is 0 Å². The molecule has 1 amide bonds. The predicted molar refractivity (Wildman–Crippen MR) is 116 cm³/mol. The number of amides is 1. The summed E-state index contributed by atoms with van der Waals surface area (Å²) in [6.07, 6.45) is 6.48. The van der Waals surface area contributed by atoms with Gasteiger partial charge in [-0.05, 0) is 69.8 Å². The number of H-pyrrole nitrogens is 1. The molecule has 1 fully saturated rings. The molecule has 6 heteroatoms. The maximum absolute atomic E-state index is 12.5. The smallest absolute Gasteiger partial charge is 0.271 e. The highest BCUT2D eigenvalue weighted by molar-refractivity contribution is 5.92. The molecule has 2 heterocycles. The molecule has 0 aromatic carbocycles. The molecule has 1 aliphatic carbocycles. The third kappa shape index (κ3) is 5.44. The summed E-state index contributed by atoms with van der Waals surface area (Å²) >= 11 is 0. The van der Waals surface area contributed by atoms with Gasteiger partial charge in [0.2, 0.25) is 0 Å². The summed E-state index contributed by atoms with van der Waals surface area (Å²) in [5.74, 6) is 1.05. The molecule has 2 aromatic rings. The summed E-state index contributed by atoms with van der Waals surface area (Å²) in [5, 5.41) is 10.3. The first-order valence-electron chi connectivity index (χ1n) is 10.7. The Morgan fingerprint density at radius 2 is 1.97 bits per heavy atom. The lowest BCUT2D eigenvalue weighted by Gasteiger charge is -2.37. The van der Waals surface area contributed by atoms with Crippen molar-refractivity contribution in [2.75, 3.05) is 20.6 Å². The fourth-order valence-corrected chi connectivity index (χ4v) is 4.34. The van der Waals surface area contributed by atoms with Crippen molar-refractivity contribution < 1.29 is 4.79 Å². The average molecular weight is 398 g/mol. The van der Waals surface area contributed by atoms with Crippen LogP contribution in [-0.2, 0) is 5.41 Å². The highest BCUT2D eigenvalue weighted by atomic mass is 16.1. The number of nitrogens with one attached hydrogen (secondary N) is 2. The Morgan fingerprint density at radius 1 is 1.24 bits per heavy atom. The molecule has 1 saturated carbocycles. The van der Waals surface area contributed by atoms with Crippen LogP contribution in [0.4, 0.5) is 0 Å². The standard InChI is InChI=1S/C23H35N5O/c1-23(2,3)20-14-19(26-27-20)22(29)25-15-16-9-11-17(12-10-16)21(28(4)5)18-8-6-7-13-24-18/h6-8,13-14,16-17,21H,9-12,15H2,1-5H3,(H,25,29)(H,26,27)/t16?,17?,21-/m0/s1. The van der Waals surface area contributed by atoms with E-state index >= 15 is 0 Å². The van der Waals surface area contributed by atoms with Gasteiger partial charge in [-0.1, -0.05) is 26.8 Å². The Labute approximate surface area is 174 Å². The summed E-state index contributed by atoms with van der Waals surface area (Å²) < 4.78 is 0. The summed E-state index contributed by atoms with van der Waals surface area (Å²) in [5.41, 5.74) is 2.57. The van der Waals surface area contributed by atoms with Crippen LogP contribution in [0.1, 0.15) is 74.4 Å². The zero-order valence-corrected chi connectivity index (χ0v) is 18.4. The minimum absolute atomic E-state index is 0.0412. The molecule has 2 N–H and O–H groups in total. The molecular formula is C23H35N5O. The second-order valence-corrected chi connectivity index (χ2v) is 9.57. The fourth-order valence-electron chi connectivity index (χ4n) is 4.34. The van der Waals surface area contributed by atoms with Gasteiger partial charge >= 0.3 is 0 Å². The number of pyridine rings is 1. The van der Waals surface area contributed by atoms with Crippen LogP contribution in [0, 0.1) is 11.8 Å². The number of hydrogen-bond acceptors (Lipinski definition) is 4. The monoisotopic (exact) mass is 397 g/mol. The third-order valence-corrected chi connectivity index (χ3v) is 6.05. The van der Waals surface area contributed by atoms with Crippen molar-refractivity contribution in [2.24, 2.45) is 11.8 Å². The second kappa shape index (κ2) is 9.08. The number of carbonyl (C=O) groups is 1. The lowest BCUT2D eigenvalue weighted by molar-refractivity contribution is 0.0929. The van der Waals surface area contributed by atoms with Crippen LogP contribution in [0.25, 0.3) is 0 Å². The molecule has 3 rings (SSSR count). The molecule has 158 valence electrons. The molecule has 6 nitrogen and oxygen atoms in total. The predicted octanol–water partition coefficient (Wildman–Crippen LogP) is 3.94. The van der Waals surface area contributed by atoms with Gasteiger partial charge in [0.15, 0.2) is 0 Å². The van der Waals surface area contributed by atoms with E-state index in [0.717, 1.165) is 43.6 Å². The molecule has 0 aliphatic heterocycles. The van der Waals surface area contributed by atoms with Crippen LogP contribution in [0.3, 0.4) is 0 Å². The van der Waals surface area contributed by atoms with Gasteiger partial charge in [0.05, 0.1) is 11.7 Å². The number of rotatable bonds is 6. The number of carbonyl (C=O) groups excluding carboxylic acids is 1. The van der Waals surface area contributed by atoms with E-state index in [9.17, 15) is 4.79 Å². The maximum atomic E-state index is 12.5. The molecule has 29 heavy (non-hydrogen) atoms. The van der Waals surface area contributed by atoms with Crippen molar-refractivity contribution >= 4 is 5.91 Å². The lowest BCUT2D eigenvalue weighted by atomic mass is 9.77. The Balaban J connectivity index is 1.51. The summed E-state index contributed by atoms with van der Waals surface area (Å²) in [6, 6.07) is 8.39. The zero-order chi connectivity index (χ0) is 21.0. The van der Waals surface area contributed by atoms with Crippen LogP contribution < -0.4 is 5.32 Å². The van der Waals surface area contributed by atoms with Gasteiger partial charge in [-0.15, -0.1) is 0 Å². The Morgan fingerprint density at radius 3 is 2.52 bits per heavy atom. The van der Waals surface area contributed by atoms with Gasteiger partial charge in [-0.2, -0.15) is 5.10 Å². The lowest BCUT2D eigenvalue weighted by Crippen LogP contribution is -2.35. The summed E-state index contributed by atoms with van der Waals surface area (Å²) in [6.45, 7) is 7.03. The molecule has 1 atom stereocenters. The van der Waals surface area contributed by atoms with Crippen molar-refractivity contribution in [3.8, 4) is 0 Å². The van der Waals surface area contributed by atoms with Gasteiger partial charge in [-0.3, -0.25) is 14.9 Å². The van der Waals surface area contributed by atoms with Gasteiger partial charge in [-0.25, -0.2) is 0 Å².